The van der Waals surface area contributed by atoms with Crippen molar-refractivity contribution in [1.82, 2.24) is 9.80 Å². The van der Waals surface area contributed by atoms with Gasteiger partial charge in [-0.1, -0.05) is 44.7 Å². The molecule has 2 atom stereocenters. The quantitative estimate of drug-likeness (QED) is 0.394. The predicted molar refractivity (Wildman–Crippen MR) is 142 cm³/mol. The second-order valence-corrected chi connectivity index (χ2v) is 11.5. The third-order valence-corrected chi connectivity index (χ3v) is 8.94. The molecule has 4 rings (SSSR count). The average molecular weight is 517 g/mol. The number of carbonyl (C=O) groups excluding carboxylic acids is 2. The monoisotopic (exact) mass is 516 g/mol. The van der Waals surface area contributed by atoms with Gasteiger partial charge in [0, 0.05) is 28.9 Å². The average Bonchev–Trinajstić information content (AvgIpc) is 3.56. The van der Waals surface area contributed by atoms with Crippen LogP contribution in [0.3, 0.4) is 0 Å². The van der Waals surface area contributed by atoms with Crippen LogP contribution in [0, 0.1) is 18.8 Å². The number of aryl methyl sites for hydroxylation is 1. The summed E-state index contributed by atoms with van der Waals surface area (Å²) in [5.74, 6) is 1.36. The molecule has 2 amide bonds. The SMILES string of the molecule is CC[C@H](C)CN(CC(=O)N1CCc2sccc2[C@H]1COc1ccc(Cl)c(C)c1)C(=O)C1CCCC1. The number of ether oxygens (including phenoxy) is 1. The lowest BCUT2D eigenvalue weighted by molar-refractivity contribution is -0.145. The molecule has 5 nitrogen and oxygen atoms in total. The van der Waals surface area contributed by atoms with E-state index in [9.17, 15) is 9.59 Å². The van der Waals surface area contributed by atoms with Crippen molar-refractivity contribution in [2.45, 2.75) is 65.3 Å². The molecule has 1 aromatic carbocycles. The Morgan fingerprint density at radius 3 is 2.74 bits per heavy atom. The molecule has 0 saturated heterocycles. The van der Waals surface area contributed by atoms with E-state index < -0.39 is 0 Å². The number of thiophene rings is 1. The fourth-order valence-electron chi connectivity index (χ4n) is 5.18. The van der Waals surface area contributed by atoms with Gasteiger partial charge < -0.3 is 14.5 Å². The Morgan fingerprint density at radius 2 is 2.03 bits per heavy atom. The smallest absolute Gasteiger partial charge is 0.242 e. The number of rotatable bonds is 9. The second-order valence-electron chi connectivity index (χ2n) is 10.1. The zero-order valence-corrected chi connectivity index (χ0v) is 22.7. The maximum Gasteiger partial charge on any atom is 0.242 e. The van der Waals surface area contributed by atoms with Gasteiger partial charge in [-0.15, -0.1) is 11.3 Å². The zero-order valence-electron chi connectivity index (χ0n) is 21.1. The number of halogens is 1. The van der Waals surface area contributed by atoms with E-state index in [4.69, 9.17) is 16.3 Å². The van der Waals surface area contributed by atoms with Crippen molar-refractivity contribution in [3.63, 3.8) is 0 Å². The summed E-state index contributed by atoms with van der Waals surface area (Å²) < 4.78 is 6.18. The molecule has 2 heterocycles. The fraction of sp³-hybridized carbons (Fsp3) is 0.571. The van der Waals surface area contributed by atoms with E-state index in [1.54, 1.807) is 11.3 Å². The summed E-state index contributed by atoms with van der Waals surface area (Å²) in [6, 6.07) is 7.59. The standard InChI is InChI=1S/C28H37ClN2O3S/c1-4-19(2)16-30(28(33)21-7-5-6-8-21)17-27(32)31-13-11-26-23(12-14-35-26)25(31)18-34-22-9-10-24(29)20(3)15-22/h9-10,12,14-15,19,21,25H,4-8,11,13,16-18H2,1-3H3/t19-,25+/m0/s1. The minimum atomic E-state index is -0.166. The summed E-state index contributed by atoms with van der Waals surface area (Å²) in [4.78, 5) is 32.1. The van der Waals surface area contributed by atoms with Crippen molar-refractivity contribution in [2.24, 2.45) is 11.8 Å². The van der Waals surface area contributed by atoms with Crippen LogP contribution in [-0.4, -0.2) is 47.9 Å². The van der Waals surface area contributed by atoms with Crippen molar-refractivity contribution in [1.29, 1.82) is 0 Å². The summed E-state index contributed by atoms with van der Waals surface area (Å²) in [5, 5.41) is 2.80. The first-order chi connectivity index (χ1) is 16.9. The minimum Gasteiger partial charge on any atom is -0.491 e. The first kappa shape index (κ1) is 26.0. The fourth-order valence-corrected chi connectivity index (χ4v) is 6.23. The van der Waals surface area contributed by atoms with Gasteiger partial charge in [0.15, 0.2) is 0 Å². The highest BCUT2D eigenvalue weighted by molar-refractivity contribution is 7.10. The minimum absolute atomic E-state index is 0.0115. The van der Waals surface area contributed by atoms with E-state index in [-0.39, 0.29) is 30.3 Å². The Kier molecular flexibility index (Phi) is 8.77. The van der Waals surface area contributed by atoms with Crippen LogP contribution in [0.5, 0.6) is 5.75 Å². The van der Waals surface area contributed by atoms with Crippen LogP contribution in [0.4, 0.5) is 0 Å². The molecular weight excluding hydrogens is 480 g/mol. The number of hydrogen-bond acceptors (Lipinski definition) is 4. The maximum absolute atomic E-state index is 13.7. The Labute approximate surface area is 218 Å². The molecule has 0 N–H and O–H groups in total. The van der Waals surface area contributed by atoms with Crippen LogP contribution in [0.15, 0.2) is 29.6 Å². The van der Waals surface area contributed by atoms with Crippen LogP contribution in [0.2, 0.25) is 5.02 Å². The van der Waals surface area contributed by atoms with Crippen molar-refractivity contribution in [2.75, 3.05) is 26.2 Å². The molecule has 0 unspecified atom stereocenters. The highest BCUT2D eigenvalue weighted by Crippen LogP contribution is 2.35. The van der Waals surface area contributed by atoms with E-state index in [0.717, 1.165) is 55.4 Å². The number of nitrogens with zero attached hydrogens (tertiary/aromatic N) is 2. The van der Waals surface area contributed by atoms with E-state index in [1.165, 1.54) is 4.88 Å². The van der Waals surface area contributed by atoms with Gasteiger partial charge in [-0.3, -0.25) is 9.59 Å². The van der Waals surface area contributed by atoms with Gasteiger partial charge in [0.05, 0.1) is 12.6 Å². The van der Waals surface area contributed by atoms with E-state index >= 15 is 0 Å². The molecule has 1 fully saturated rings. The van der Waals surface area contributed by atoms with Gasteiger partial charge in [-0.05, 0) is 72.9 Å². The maximum atomic E-state index is 13.7. The van der Waals surface area contributed by atoms with Crippen molar-refractivity contribution < 1.29 is 14.3 Å². The normalized spacial score (nSPS) is 18.9. The topological polar surface area (TPSA) is 49.9 Å². The van der Waals surface area contributed by atoms with E-state index in [1.807, 2.05) is 34.9 Å². The molecule has 2 aliphatic rings. The van der Waals surface area contributed by atoms with Crippen LogP contribution in [-0.2, 0) is 16.0 Å². The second kappa shape index (κ2) is 11.8. The molecule has 190 valence electrons. The molecule has 0 bridgehead atoms. The summed E-state index contributed by atoms with van der Waals surface area (Å²) in [6.07, 6.45) is 5.95. The summed E-state index contributed by atoms with van der Waals surface area (Å²) in [6.45, 7) is 8.06. The van der Waals surface area contributed by atoms with Gasteiger partial charge >= 0.3 is 0 Å². The lowest BCUT2D eigenvalue weighted by atomic mass is 10.00. The number of carbonyl (C=O) groups is 2. The first-order valence-corrected chi connectivity index (χ1v) is 14.2. The third kappa shape index (κ3) is 6.21. The Balaban J connectivity index is 1.51. The van der Waals surface area contributed by atoms with Crippen LogP contribution >= 0.6 is 22.9 Å². The van der Waals surface area contributed by atoms with Crippen LogP contribution < -0.4 is 4.74 Å². The summed E-state index contributed by atoms with van der Waals surface area (Å²) in [7, 11) is 0. The largest absolute Gasteiger partial charge is 0.491 e. The molecule has 1 saturated carbocycles. The highest BCUT2D eigenvalue weighted by Gasteiger charge is 2.35. The molecule has 2 aromatic rings. The van der Waals surface area contributed by atoms with Gasteiger partial charge in [-0.25, -0.2) is 0 Å². The first-order valence-electron chi connectivity index (χ1n) is 12.9. The third-order valence-electron chi connectivity index (χ3n) is 7.52. The molecular formula is C28H37ClN2O3S. The Hall–Kier alpha value is -2.05. The Bertz CT molecular complexity index is 1030. The van der Waals surface area contributed by atoms with Crippen molar-refractivity contribution >= 4 is 34.8 Å². The number of benzene rings is 1. The predicted octanol–water partition coefficient (Wildman–Crippen LogP) is 6.28. The van der Waals surface area contributed by atoms with Crippen LogP contribution in [0.1, 0.15) is 68.0 Å². The molecule has 7 heteroatoms. The van der Waals surface area contributed by atoms with E-state index in [2.05, 4.69) is 25.3 Å². The molecule has 0 spiro atoms. The summed E-state index contributed by atoms with van der Waals surface area (Å²) >= 11 is 7.92. The molecule has 35 heavy (non-hydrogen) atoms. The molecule has 0 radical (unpaired) electrons. The highest BCUT2D eigenvalue weighted by atomic mass is 35.5. The molecule has 1 aromatic heterocycles. The summed E-state index contributed by atoms with van der Waals surface area (Å²) in [5.41, 5.74) is 2.12. The van der Waals surface area contributed by atoms with Gasteiger partial charge in [0.2, 0.25) is 11.8 Å². The lowest BCUT2D eigenvalue weighted by Crippen LogP contribution is -2.49. The lowest BCUT2D eigenvalue weighted by Gasteiger charge is -2.37. The van der Waals surface area contributed by atoms with Gasteiger partial charge in [-0.2, -0.15) is 0 Å². The zero-order chi connectivity index (χ0) is 24.9. The Morgan fingerprint density at radius 1 is 1.26 bits per heavy atom. The van der Waals surface area contributed by atoms with Crippen molar-refractivity contribution in [3.05, 3.63) is 50.7 Å². The van der Waals surface area contributed by atoms with Crippen molar-refractivity contribution in [3.8, 4) is 5.75 Å². The number of amides is 2. The van der Waals surface area contributed by atoms with E-state index in [0.29, 0.717) is 30.6 Å². The van der Waals surface area contributed by atoms with Gasteiger partial charge in [0.1, 0.15) is 12.4 Å². The van der Waals surface area contributed by atoms with Crippen LogP contribution in [0.25, 0.3) is 0 Å². The molecule has 1 aliphatic carbocycles. The number of hydrogen-bond donors (Lipinski definition) is 0. The molecule has 1 aliphatic heterocycles. The number of fused-ring (bicyclic) bond motifs is 1. The van der Waals surface area contributed by atoms with Gasteiger partial charge in [0.25, 0.3) is 0 Å².